The van der Waals surface area contributed by atoms with E-state index in [1.807, 2.05) is 32.2 Å². The molecule has 4 rings (SSSR count). The van der Waals surface area contributed by atoms with Crippen molar-refractivity contribution in [1.82, 2.24) is 29.4 Å². The number of nitrogens with one attached hydrogen (secondary N) is 1. The fraction of sp³-hybridized carbons (Fsp3) is 0.444. The fourth-order valence-corrected chi connectivity index (χ4v) is 3.29. The van der Waals surface area contributed by atoms with Gasteiger partial charge in [0.05, 0.1) is 37.4 Å². The van der Waals surface area contributed by atoms with E-state index in [4.69, 9.17) is 26.1 Å². The van der Waals surface area contributed by atoms with Gasteiger partial charge in [-0.15, -0.1) is 0 Å². The average molecular weight is 404 g/mol. The Labute approximate surface area is 167 Å². The van der Waals surface area contributed by atoms with Crippen LogP contribution in [0.25, 0.3) is 11.0 Å². The summed E-state index contributed by atoms with van der Waals surface area (Å²) in [4.78, 5) is 19.4. The van der Waals surface area contributed by atoms with Gasteiger partial charge in [-0.05, 0) is 36.7 Å². The van der Waals surface area contributed by atoms with Crippen molar-refractivity contribution >= 4 is 34.3 Å². The number of hydrogen-bond donors (Lipinski definition) is 1. The fourth-order valence-electron chi connectivity index (χ4n) is 3.14. The van der Waals surface area contributed by atoms with Crippen molar-refractivity contribution in [3.8, 4) is 6.01 Å². The molecule has 2 aromatic heterocycles. The minimum atomic E-state index is 0.0765. The van der Waals surface area contributed by atoms with E-state index in [1.165, 1.54) is 0 Å². The molecule has 28 heavy (non-hydrogen) atoms. The molecule has 1 aliphatic heterocycles. The second-order valence-electron chi connectivity index (χ2n) is 6.45. The molecule has 1 aliphatic rings. The van der Waals surface area contributed by atoms with Gasteiger partial charge in [-0.25, -0.2) is 4.98 Å². The lowest BCUT2D eigenvalue weighted by molar-refractivity contribution is 0.0328. The number of aryl methyl sites for hydroxylation is 1. The second-order valence-corrected chi connectivity index (χ2v) is 6.79. The minimum absolute atomic E-state index is 0.0765. The van der Waals surface area contributed by atoms with Crippen LogP contribution in [0.4, 0.5) is 11.6 Å². The third-order valence-corrected chi connectivity index (χ3v) is 4.73. The van der Waals surface area contributed by atoms with Gasteiger partial charge in [-0.2, -0.15) is 15.0 Å². The molecule has 9 nitrogen and oxygen atoms in total. The Morgan fingerprint density at radius 3 is 2.79 bits per heavy atom. The summed E-state index contributed by atoms with van der Waals surface area (Å²) in [6.45, 7) is 6.51. The lowest BCUT2D eigenvalue weighted by Crippen LogP contribution is -2.36. The van der Waals surface area contributed by atoms with E-state index in [0.717, 1.165) is 55.4 Å². The van der Waals surface area contributed by atoms with Crippen LogP contribution >= 0.6 is 11.6 Å². The van der Waals surface area contributed by atoms with E-state index in [0.29, 0.717) is 12.6 Å². The summed E-state index contributed by atoms with van der Waals surface area (Å²) in [5, 5.41) is 3.22. The molecule has 0 spiro atoms. The number of imidazole rings is 1. The van der Waals surface area contributed by atoms with Crippen LogP contribution in [-0.4, -0.2) is 62.3 Å². The van der Waals surface area contributed by atoms with E-state index in [1.54, 1.807) is 0 Å². The molecule has 0 aliphatic carbocycles. The number of benzene rings is 1. The van der Waals surface area contributed by atoms with Crippen molar-refractivity contribution in [3.63, 3.8) is 0 Å². The lowest BCUT2D eigenvalue weighted by Gasteiger charge is -2.26. The molecule has 0 bridgehead atoms. The topological polar surface area (TPSA) is 90.2 Å². The Morgan fingerprint density at radius 2 is 2.00 bits per heavy atom. The van der Waals surface area contributed by atoms with Crippen molar-refractivity contribution in [2.45, 2.75) is 13.5 Å². The third-order valence-electron chi connectivity index (χ3n) is 4.56. The zero-order chi connectivity index (χ0) is 19.5. The molecule has 1 N–H and O–H groups in total. The molecule has 148 valence electrons. The molecule has 0 radical (unpaired) electrons. The maximum Gasteiger partial charge on any atom is 0.322 e. The Kier molecular flexibility index (Phi) is 5.56. The molecular formula is C18H22ClN7O2. The first-order valence-electron chi connectivity index (χ1n) is 9.19. The number of anilines is 2. The van der Waals surface area contributed by atoms with Crippen LogP contribution in [0.15, 0.2) is 18.2 Å². The molecule has 3 heterocycles. The number of aromatic nitrogens is 5. The highest BCUT2D eigenvalue weighted by Gasteiger charge is 2.15. The Morgan fingerprint density at radius 1 is 1.18 bits per heavy atom. The zero-order valence-corrected chi connectivity index (χ0v) is 16.6. The first kappa shape index (κ1) is 18.9. The van der Waals surface area contributed by atoms with Crippen molar-refractivity contribution in [2.75, 3.05) is 38.2 Å². The van der Waals surface area contributed by atoms with Gasteiger partial charge in [0.2, 0.25) is 11.2 Å². The second kappa shape index (κ2) is 8.26. The Hall–Kier alpha value is -2.49. The van der Waals surface area contributed by atoms with Gasteiger partial charge >= 0.3 is 6.01 Å². The quantitative estimate of drug-likeness (QED) is 0.671. The summed E-state index contributed by atoms with van der Waals surface area (Å²) >= 11 is 5.95. The normalized spacial score (nSPS) is 15.1. The summed E-state index contributed by atoms with van der Waals surface area (Å²) in [6.07, 6.45) is 0. The first-order chi connectivity index (χ1) is 13.6. The van der Waals surface area contributed by atoms with Crippen molar-refractivity contribution in [1.29, 1.82) is 0 Å². The summed E-state index contributed by atoms with van der Waals surface area (Å²) in [6, 6.07) is 6.15. The van der Waals surface area contributed by atoms with Gasteiger partial charge in [-0.1, -0.05) is 0 Å². The van der Waals surface area contributed by atoms with Crippen LogP contribution in [0.1, 0.15) is 12.7 Å². The Bertz CT molecular complexity index is 972. The molecule has 0 saturated carbocycles. The van der Waals surface area contributed by atoms with Gasteiger partial charge in [0.15, 0.2) is 0 Å². The first-order valence-corrected chi connectivity index (χ1v) is 9.57. The molecule has 0 unspecified atom stereocenters. The van der Waals surface area contributed by atoms with E-state index in [-0.39, 0.29) is 11.3 Å². The molecule has 0 atom stereocenters. The molecular weight excluding hydrogens is 382 g/mol. The number of hydrogen-bond acceptors (Lipinski definition) is 8. The molecule has 1 fully saturated rings. The molecule has 1 aromatic carbocycles. The largest absolute Gasteiger partial charge is 0.464 e. The monoisotopic (exact) mass is 403 g/mol. The highest BCUT2D eigenvalue weighted by Crippen LogP contribution is 2.23. The molecule has 0 amide bonds. The Balaban J connectivity index is 1.56. The minimum Gasteiger partial charge on any atom is -0.464 e. The third kappa shape index (κ3) is 4.16. The predicted molar refractivity (Wildman–Crippen MR) is 106 cm³/mol. The van der Waals surface area contributed by atoms with Gasteiger partial charge in [0.25, 0.3) is 0 Å². The van der Waals surface area contributed by atoms with E-state index in [9.17, 15) is 0 Å². The molecule has 10 heteroatoms. The van der Waals surface area contributed by atoms with E-state index >= 15 is 0 Å². The average Bonchev–Trinajstić information content (AvgIpc) is 2.97. The highest BCUT2D eigenvalue weighted by atomic mass is 35.5. The van der Waals surface area contributed by atoms with Crippen molar-refractivity contribution in [2.24, 2.45) is 7.05 Å². The van der Waals surface area contributed by atoms with Gasteiger partial charge < -0.3 is 19.4 Å². The summed E-state index contributed by atoms with van der Waals surface area (Å²) in [5.41, 5.74) is 2.78. The predicted octanol–water partition coefficient (Wildman–Crippen LogP) is 2.39. The van der Waals surface area contributed by atoms with Crippen LogP contribution in [0.3, 0.4) is 0 Å². The number of fused-ring (bicyclic) bond motifs is 1. The maximum atomic E-state index is 5.95. The van der Waals surface area contributed by atoms with Crippen LogP contribution in [0, 0.1) is 0 Å². The van der Waals surface area contributed by atoms with Gasteiger partial charge in [0.1, 0.15) is 5.82 Å². The van der Waals surface area contributed by atoms with Crippen LogP contribution in [0.2, 0.25) is 5.28 Å². The maximum absolute atomic E-state index is 5.95. The van der Waals surface area contributed by atoms with Gasteiger partial charge in [0, 0.05) is 25.8 Å². The number of morpholine rings is 1. The lowest BCUT2D eigenvalue weighted by atomic mass is 10.3. The van der Waals surface area contributed by atoms with Crippen LogP contribution in [0.5, 0.6) is 6.01 Å². The summed E-state index contributed by atoms with van der Waals surface area (Å²) in [5.74, 6) is 1.35. The number of nitrogens with zero attached hydrogens (tertiary/aromatic N) is 6. The van der Waals surface area contributed by atoms with E-state index in [2.05, 4.69) is 29.7 Å². The van der Waals surface area contributed by atoms with Crippen molar-refractivity contribution in [3.05, 3.63) is 29.3 Å². The highest BCUT2D eigenvalue weighted by molar-refractivity contribution is 6.28. The molecule has 1 saturated heterocycles. The van der Waals surface area contributed by atoms with Crippen LogP contribution in [-0.2, 0) is 18.3 Å². The summed E-state index contributed by atoms with van der Waals surface area (Å²) < 4.78 is 12.9. The molecule has 3 aromatic rings. The smallest absolute Gasteiger partial charge is 0.322 e. The zero-order valence-electron chi connectivity index (χ0n) is 15.9. The van der Waals surface area contributed by atoms with Crippen molar-refractivity contribution < 1.29 is 9.47 Å². The standard InChI is InChI=1S/C18H22ClN7O2/c1-3-28-18-23-16(19)22-17(24-18)20-12-4-5-14-13(10-12)21-15(25(14)2)11-26-6-8-27-9-7-26/h4-5,10H,3,6-9,11H2,1-2H3,(H,20,22,23,24). The van der Waals surface area contributed by atoms with Crippen LogP contribution < -0.4 is 10.1 Å². The number of ether oxygens (including phenoxy) is 2. The van der Waals surface area contributed by atoms with Gasteiger partial charge in [-0.3, -0.25) is 4.90 Å². The number of rotatable bonds is 6. The number of halogens is 1. The summed E-state index contributed by atoms with van der Waals surface area (Å²) in [7, 11) is 2.04. The SMILES string of the molecule is CCOc1nc(Cl)nc(Nc2ccc3c(c2)nc(CN2CCOCC2)n3C)n1. The van der Waals surface area contributed by atoms with E-state index < -0.39 is 0 Å².